The van der Waals surface area contributed by atoms with Gasteiger partial charge in [0.05, 0.1) is 29.8 Å². The zero-order valence-electron chi connectivity index (χ0n) is 13.2. The van der Waals surface area contributed by atoms with Crippen LogP contribution < -0.4 is 22.9 Å². The number of nitrogens with two attached hydrogens (primary N) is 4. The van der Waals surface area contributed by atoms with Crippen molar-refractivity contribution >= 4 is 0 Å². The third-order valence-corrected chi connectivity index (χ3v) is 4.35. The molecule has 0 amide bonds. The summed E-state index contributed by atoms with van der Waals surface area (Å²) in [6.45, 7) is 4.27. The van der Waals surface area contributed by atoms with E-state index in [-0.39, 0.29) is 19.4 Å². The van der Waals surface area contributed by atoms with Crippen molar-refractivity contribution in [3.05, 3.63) is 0 Å². The van der Waals surface area contributed by atoms with E-state index < -0.39 is 41.5 Å². The minimum absolute atomic E-state index is 0.00736. The van der Waals surface area contributed by atoms with Crippen molar-refractivity contribution in [3.8, 4) is 0 Å². The van der Waals surface area contributed by atoms with Gasteiger partial charge >= 0.3 is 0 Å². The first kappa shape index (κ1) is 20.7. The molecule has 0 radical (unpaired) electrons. The van der Waals surface area contributed by atoms with Crippen LogP contribution in [0, 0.1) is 5.41 Å². The fourth-order valence-corrected chi connectivity index (χ4v) is 2.76. The third kappa shape index (κ3) is 3.91. The molecular weight excluding hydrogens is 276 g/mol. The minimum Gasteiger partial charge on any atom is -0.394 e. The average molecular weight is 308 g/mol. The van der Waals surface area contributed by atoms with Gasteiger partial charge in [0.15, 0.2) is 0 Å². The lowest BCUT2D eigenvalue weighted by atomic mass is 9.62. The van der Waals surface area contributed by atoms with E-state index in [0.29, 0.717) is 0 Å². The maximum atomic E-state index is 10.7. The average Bonchev–Trinajstić information content (AvgIpc) is 2.41. The van der Waals surface area contributed by atoms with Crippen molar-refractivity contribution in [1.29, 1.82) is 0 Å². The molecule has 0 aliphatic rings. The highest BCUT2D eigenvalue weighted by Gasteiger charge is 2.57. The Morgan fingerprint density at radius 2 is 1.52 bits per heavy atom. The first-order chi connectivity index (χ1) is 9.43. The van der Waals surface area contributed by atoms with Gasteiger partial charge in [-0.2, -0.15) is 0 Å². The molecule has 128 valence electrons. The van der Waals surface area contributed by atoms with Crippen LogP contribution in [0.1, 0.15) is 33.6 Å². The van der Waals surface area contributed by atoms with Crippen LogP contribution in [0.3, 0.4) is 0 Å². The van der Waals surface area contributed by atoms with Crippen molar-refractivity contribution < 1.29 is 20.4 Å². The van der Waals surface area contributed by atoms with Gasteiger partial charge in [0.25, 0.3) is 0 Å². The molecular formula is C13H32N4O4. The van der Waals surface area contributed by atoms with Crippen LogP contribution >= 0.6 is 0 Å². The topological polar surface area (TPSA) is 185 Å². The molecule has 0 aromatic heterocycles. The maximum Gasteiger partial charge on any atom is 0.113 e. The van der Waals surface area contributed by atoms with Crippen LogP contribution in [-0.2, 0) is 0 Å². The van der Waals surface area contributed by atoms with E-state index in [4.69, 9.17) is 22.9 Å². The Labute approximate surface area is 126 Å². The molecule has 0 aromatic rings. The summed E-state index contributed by atoms with van der Waals surface area (Å²) in [4.78, 5) is 0. The summed E-state index contributed by atoms with van der Waals surface area (Å²) in [5.74, 6) is 0. The van der Waals surface area contributed by atoms with Crippen LogP contribution in [0.25, 0.3) is 0 Å². The molecule has 0 spiro atoms. The second-order valence-electron chi connectivity index (χ2n) is 6.47. The van der Waals surface area contributed by atoms with Gasteiger partial charge in [-0.25, -0.2) is 0 Å². The van der Waals surface area contributed by atoms with Crippen molar-refractivity contribution in [3.63, 3.8) is 0 Å². The maximum absolute atomic E-state index is 10.7. The van der Waals surface area contributed by atoms with E-state index in [9.17, 15) is 20.4 Å². The van der Waals surface area contributed by atoms with Gasteiger partial charge in [-0.15, -0.1) is 0 Å². The predicted molar refractivity (Wildman–Crippen MR) is 80.9 cm³/mol. The zero-order valence-corrected chi connectivity index (χ0v) is 13.2. The van der Waals surface area contributed by atoms with Crippen LogP contribution in [0.15, 0.2) is 0 Å². The van der Waals surface area contributed by atoms with Crippen LogP contribution in [0.5, 0.6) is 0 Å². The summed E-state index contributed by atoms with van der Waals surface area (Å²) < 4.78 is 0. The summed E-state index contributed by atoms with van der Waals surface area (Å²) in [6, 6.07) is 0. The molecule has 5 atom stereocenters. The van der Waals surface area contributed by atoms with E-state index in [1.807, 2.05) is 0 Å². The highest BCUT2D eigenvalue weighted by Crippen LogP contribution is 2.41. The molecule has 8 heteroatoms. The Bertz CT molecular complexity index is 318. The standard InChI is InChI=1S/C13H32N4O4/c1-4-12(17,7-18)9(20)13(5-6-14,10(15)21)8(19)11(2,3)16/h8-10,18-21H,4-7,14-17H2,1-3H3. The van der Waals surface area contributed by atoms with Crippen molar-refractivity contribution in [2.75, 3.05) is 13.2 Å². The van der Waals surface area contributed by atoms with E-state index in [2.05, 4.69) is 0 Å². The molecule has 0 aliphatic heterocycles. The van der Waals surface area contributed by atoms with Crippen molar-refractivity contribution in [2.24, 2.45) is 28.3 Å². The zero-order chi connectivity index (χ0) is 17.1. The normalized spacial score (nSPS) is 23.0. The first-order valence-electron chi connectivity index (χ1n) is 7.12. The molecule has 8 nitrogen and oxygen atoms in total. The number of aliphatic hydroxyl groups is 4. The van der Waals surface area contributed by atoms with E-state index in [1.165, 1.54) is 0 Å². The summed E-state index contributed by atoms with van der Waals surface area (Å²) in [5.41, 5.74) is 18.9. The Balaban J connectivity index is 6.02. The molecule has 0 heterocycles. The van der Waals surface area contributed by atoms with Crippen LogP contribution in [-0.4, -0.2) is 63.1 Å². The predicted octanol–water partition coefficient (Wildman–Crippen LogP) is -2.84. The van der Waals surface area contributed by atoms with Crippen LogP contribution in [0.2, 0.25) is 0 Å². The van der Waals surface area contributed by atoms with Gasteiger partial charge in [-0.1, -0.05) is 6.92 Å². The number of hydrogen-bond acceptors (Lipinski definition) is 8. The lowest BCUT2D eigenvalue weighted by Crippen LogP contribution is -2.72. The van der Waals surface area contributed by atoms with Gasteiger partial charge in [-0.3, -0.25) is 0 Å². The summed E-state index contributed by atoms with van der Waals surface area (Å²) in [7, 11) is 0. The summed E-state index contributed by atoms with van der Waals surface area (Å²) >= 11 is 0. The molecule has 5 unspecified atom stereocenters. The van der Waals surface area contributed by atoms with E-state index in [0.717, 1.165) is 0 Å². The monoisotopic (exact) mass is 308 g/mol. The van der Waals surface area contributed by atoms with E-state index in [1.54, 1.807) is 20.8 Å². The van der Waals surface area contributed by atoms with E-state index >= 15 is 0 Å². The molecule has 0 saturated heterocycles. The van der Waals surface area contributed by atoms with Gasteiger partial charge in [-0.05, 0) is 33.2 Å². The number of aliphatic hydroxyl groups excluding tert-OH is 4. The largest absolute Gasteiger partial charge is 0.394 e. The van der Waals surface area contributed by atoms with Crippen LogP contribution in [0.4, 0.5) is 0 Å². The molecule has 0 aliphatic carbocycles. The summed E-state index contributed by atoms with van der Waals surface area (Å²) in [5, 5.41) is 40.9. The SMILES string of the molecule is CCC(N)(CO)C(O)C(CCN)(C(N)O)C(O)C(C)(C)N. The Hall–Kier alpha value is -0.320. The van der Waals surface area contributed by atoms with Crippen molar-refractivity contribution in [1.82, 2.24) is 0 Å². The molecule has 12 N–H and O–H groups in total. The number of hydrogen-bond donors (Lipinski definition) is 8. The lowest BCUT2D eigenvalue weighted by molar-refractivity contribution is -0.182. The van der Waals surface area contributed by atoms with Gasteiger partial charge < -0.3 is 43.4 Å². The first-order valence-corrected chi connectivity index (χ1v) is 7.12. The fraction of sp³-hybridized carbons (Fsp3) is 1.00. The second-order valence-corrected chi connectivity index (χ2v) is 6.47. The van der Waals surface area contributed by atoms with Crippen molar-refractivity contribution in [2.45, 2.75) is 63.1 Å². The smallest absolute Gasteiger partial charge is 0.113 e. The molecule has 0 rings (SSSR count). The molecule has 0 aromatic carbocycles. The highest BCUT2D eigenvalue weighted by atomic mass is 16.3. The molecule has 0 fully saturated rings. The minimum atomic E-state index is -1.65. The quantitative estimate of drug-likeness (QED) is 0.209. The highest BCUT2D eigenvalue weighted by molar-refractivity contribution is 5.10. The van der Waals surface area contributed by atoms with Gasteiger partial charge in [0.2, 0.25) is 0 Å². The fourth-order valence-electron chi connectivity index (χ4n) is 2.76. The third-order valence-electron chi connectivity index (χ3n) is 4.35. The van der Waals surface area contributed by atoms with Gasteiger partial charge in [0, 0.05) is 5.54 Å². The second kappa shape index (κ2) is 7.30. The van der Waals surface area contributed by atoms with Gasteiger partial charge in [0.1, 0.15) is 6.23 Å². The Kier molecular flexibility index (Phi) is 7.18. The molecule has 0 bridgehead atoms. The Morgan fingerprint density at radius 1 is 1.05 bits per heavy atom. The lowest BCUT2D eigenvalue weighted by Gasteiger charge is -2.52. The summed E-state index contributed by atoms with van der Waals surface area (Å²) in [6.07, 6.45) is -4.30. The molecule has 21 heavy (non-hydrogen) atoms. The molecule has 0 saturated carbocycles. The Morgan fingerprint density at radius 3 is 1.76 bits per heavy atom. The number of rotatable bonds is 9.